The third kappa shape index (κ3) is 3.97. The highest BCUT2D eigenvalue weighted by atomic mass is 15.2. The molecular weight excluding hydrogens is 172 g/mol. The fourth-order valence-corrected chi connectivity index (χ4v) is 2.12. The number of likely N-dealkylation sites (tertiary alicyclic amines) is 1. The first-order chi connectivity index (χ1) is 6.38. The van der Waals surface area contributed by atoms with E-state index in [4.69, 9.17) is 5.73 Å². The molecule has 1 aliphatic heterocycles. The van der Waals surface area contributed by atoms with E-state index in [1.807, 2.05) is 0 Å². The SMILES string of the molecule is CC1CCC(C)N(CCC(C)(C)N)C1. The lowest BCUT2D eigenvalue weighted by molar-refractivity contribution is 0.116. The van der Waals surface area contributed by atoms with Gasteiger partial charge in [0.1, 0.15) is 0 Å². The van der Waals surface area contributed by atoms with Crippen molar-refractivity contribution in [2.45, 2.75) is 58.5 Å². The molecule has 0 saturated carbocycles. The molecule has 0 aromatic carbocycles. The van der Waals surface area contributed by atoms with Crippen LogP contribution in [0.5, 0.6) is 0 Å². The van der Waals surface area contributed by atoms with Gasteiger partial charge in [-0.15, -0.1) is 0 Å². The van der Waals surface area contributed by atoms with Crippen LogP contribution in [0.4, 0.5) is 0 Å². The van der Waals surface area contributed by atoms with Crippen molar-refractivity contribution in [2.75, 3.05) is 13.1 Å². The lowest BCUT2D eigenvalue weighted by Gasteiger charge is -2.38. The molecule has 0 spiro atoms. The number of nitrogens with two attached hydrogens (primary N) is 1. The van der Waals surface area contributed by atoms with Crippen molar-refractivity contribution in [3.05, 3.63) is 0 Å². The van der Waals surface area contributed by atoms with Crippen molar-refractivity contribution in [2.24, 2.45) is 11.7 Å². The summed E-state index contributed by atoms with van der Waals surface area (Å²) in [7, 11) is 0. The monoisotopic (exact) mass is 198 g/mol. The van der Waals surface area contributed by atoms with Gasteiger partial charge < -0.3 is 10.6 Å². The van der Waals surface area contributed by atoms with Crippen molar-refractivity contribution >= 4 is 0 Å². The van der Waals surface area contributed by atoms with Gasteiger partial charge in [0.2, 0.25) is 0 Å². The van der Waals surface area contributed by atoms with E-state index in [9.17, 15) is 0 Å². The zero-order valence-electron chi connectivity index (χ0n) is 10.2. The van der Waals surface area contributed by atoms with Crippen LogP contribution in [0.15, 0.2) is 0 Å². The molecule has 1 fully saturated rings. The molecule has 2 heteroatoms. The lowest BCUT2D eigenvalue weighted by Crippen LogP contribution is -2.44. The number of piperidine rings is 1. The van der Waals surface area contributed by atoms with Crippen LogP contribution >= 0.6 is 0 Å². The summed E-state index contributed by atoms with van der Waals surface area (Å²) in [5, 5.41) is 0. The van der Waals surface area contributed by atoms with Crippen LogP contribution in [0.2, 0.25) is 0 Å². The summed E-state index contributed by atoms with van der Waals surface area (Å²) in [6, 6.07) is 0.758. The second kappa shape index (κ2) is 4.63. The summed E-state index contributed by atoms with van der Waals surface area (Å²) < 4.78 is 0. The molecule has 0 bridgehead atoms. The molecule has 84 valence electrons. The molecule has 1 heterocycles. The molecule has 0 amide bonds. The second-order valence-electron chi connectivity index (χ2n) is 5.77. The predicted molar refractivity (Wildman–Crippen MR) is 62.3 cm³/mol. The molecule has 1 saturated heterocycles. The Morgan fingerprint density at radius 1 is 1.29 bits per heavy atom. The summed E-state index contributed by atoms with van der Waals surface area (Å²) in [6.45, 7) is 11.4. The molecule has 2 N–H and O–H groups in total. The van der Waals surface area contributed by atoms with E-state index in [1.54, 1.807) is 0 Å². The Kier molecular flexibility index (Phi) is 3.96. The van der Waals surface area contributed by atoms with Crippen molar-refractivity contribution in [1.82, 2.24) is 4.90 Å². The molecule has 1 rings (SSSR count). The second-order valence-corrected chi connectivity index (χ2v) is 5.77. The average Bonchev–Trinajstić information content (AvgIpc) is 2.05. The summed E-state index contributed by atoms with van der Waals surface area (Å²) >= 11 is 0. The van der Waals surface area contributed by atoms with E-state index >= 15 is 0 Å². The highest BCUT2D eigenvalue weighted by Gasteiger charge is 2.23. The van der Waals surface area contributed by atoms with Crippen LogP contribution in [0.25, 0.3) is 0 Å². The Balaban J connectivity index is 2.35. The minimum atomic E-state index is -0.0135. The Morgan fingerprint density at radius 3 is 2.50 bits per heavy atom. The topological polar surface area (TPSA) is 29.3 Å². The summed E-state index contributed by atoms with van der Waals surface area (Å²) in [5.74, 6) is 0.868. The maximum Gasteiger partial charge on any atom is 0.0109 e. The summed E-state index contributed by atoms with van der Waals surface area (Å²) in [6.07, 6.45) is 3.85. The van der Waals surface area contributed by atoms with E-state index in [1.165, 1.54) is 19.4 Å². The van der Waals surface area contributed by atoms with E-state index in [-0.39, 0.29) is 5.54 Å². The van der Waals surface area contributed by atoms with Gasteiger partial charge in [0, 0.05) is 24.7 Å². The molecular formula is C12H26N2. The molecule has 2 unspecified atom stereocenters. The van der Waals surface area contributed by atoms with Crippen LogP contribution < -0.4 is 5.73 Å². The third-order valence-electron chi connectivity index (χ3n) is 3.29. The number of nitrogens with zero attached hydrogens (tertiary/aromatic N) is 1. The van der Waals surface area contributed by atoms with Crippen molar-refractivity contribution in [1.29, 1.82) is 0 Å². The zero-order valence-corrected chi connectivity index (χ0v) is 10.2. The third-order valence-corrected chi connectivity index (χ3v) is 3.29. The Hall–Kier alpha value is -0.0800. The quantitative estimate of drug-likeness (QED) is 0.753. The molecule has 0 aromatic heterocycles. The zero-order chi connectivity index (χ0) is 10.8. The maximum absolute atomic E-state index is 6.01. The fraction of sp³-hybridized carbons (Fsp3) is 1.00. The van der Waals surface area contributed by atoms with Crippen molar-refractivity contribution in [3.8, 4) is 0 Å². The minimum absolute atomic E-state index is 0.0135. The van der Waals surface area contributed by atoms with Crippen molar-refractivity contribution < 1.29 is 0 Å². The van der Waals surface area contributed by atoms with E-state index in [0.29, 0.717) is 0 Å². The van der Waals surface area contributed by atoms with E-state index in [2.05, 4.69) is 32.6 Å². The fourth-order valence-electron chi connectivity index (χ4n) is 2.12. The van der Waals surface area contributed by atoms with Gasteiger partial charge in [-0.2, -0.15) is 0 Å². The molecule has 0 aliphatic carbocycles. The van der Waals surface area contributed by atoms with Crippen LogP contribution in [0.1, 0.15) is 47.0 Å². The molecule has 0 aromatic rings. The Labute approximate surface area is 88.8 Å². The summed E-state index contributed by atoms with van der Waals surface area (Å²) in [5.41, 5.74) is 5.99. The lowest BCUT2D eigenvalue weighted by atomic mass is 9.93. The van der Waals surface area contributed by atoms with Gasteiger partial charge in [0.05, 0.1) is 0 Å². The highest BCUT2D eigenvalue weighted by Crippen LogP contribution is 2.22. The first kappa shape index (κ1) is 12.0. The number of rotatable bonds is 3. The first-order valence-electron chi connectivity index (χ1n) is 5.91. The van der Waals surface area contributed by atoms with Gasteiger partial charge in [-0.05, 0) is 46.0 Å². The van der Waals surface area contributed by atoms with Gasteiger partial charge in [0.15, 0.2) is 0 Å². The standard InChI is InChI=1S/C12H26N2/c1-10-5-6-11(2)14(9-10)8-7-12(3,4)13/h10-11H,5-9,13H2,1-4H3. The van der Waals surface area contributed by atoms with Gasteiger partial charge in [0.25, 0.3) is 0 Å². The smallest absolute Gasteiger partial charge is 0.0109 e. The van der Waals surface area contributed by atoms with Gasteiger partial charge in [-0.1, -0.05) is 6.92 Å². The van der Waals surface area contributed by atoms with Crippen molar-refractivity contribution in [3.63, 3.8) is 0 Å². The number of hydrogen-bond acceptors (Lipinski definition) is 2. The van der Waals surface area contributed by atoms with E-state index in [0.717, 1.165) is 24.9 Å². The predicted octanol–water partition coefficient (Wildman–Crippen LogP) is 2.23. The largest absolute Gasteiger partial charge is 0.326 e. The van der Waals surface area contributed by atoms with Gasteiger partial charge in [-0.25, -0.2) is 0 Å². The Bertz CT molecular complexity index is 172. The van der Waals surface area contributed by atoms with Gasteiger partial charge >= 0.3 is 0 Å². The van der Waals surface area contributed by atoms with Crippen LogP contribution in [0.3, 0.4) is 0 Å². The Morgan fingerprint density at radius 2 is 1.93 bits per heavy atom. The molecule has 0 radical (unpaired) electrons. The van der Waals surface area contributed by atoms with Gasteiger partial charge in [-0.3, -0.25) is 0 Å². The van der Waals surface area contributed by atoms with Crippen LogP contribution in [0, 0.1) is 5.92 Å². The number of hydrogen-bond donors (Lipinski definition) is 1. The average molecular weight is 198 g/mol. The van der Waals surface area contributed by atoms with E-state index < -0.39 is 0 Å². The minimum Gasteiger partial charge on any atom is -0.326 e. The molecule has 1 aliphatic rings. The molecule has 2 atom stereocenters. The molecule has 2 nitrogen and oxygen atoms in total. The van der Waals surface area contributed by atoms with Crippen LogP contribution in [-0.4, -0.2) is 29.6 Å². The molecule has 14 heavy (non-hydrogen) atoms. The first-order valence-corrected chi connectivity index (χ1v) is 5.91. The van der Waals surface area contributed by atoms with Crippen LogP contribution in [-0.2, 0) is 0 Å². The summed E-state index contributed by atoms with van der Waals surface area (Å²) in [4.78, 5) is 2.60. The highest BCUT2D eigenvalue weighted by molar-refractivity contribution is 4.80. The maximum atomic E-state index is 6.01. The normalized spacial score (nSPS) is 30.6.